The first-order valence-corrected chi connectivity index (χ1v) is 8.70. The normalized spacial score (nSPS) is 17.5. The van der Waals surface area contributed by atoms with Gasteiger partial charge in [-0.2, -0.15) is 5.10 Å². The highest BCUT2D eigenvalue weighted by atomic mass is 16.5. The molecule has 1 aromatic carbocycles. The van der Waals surface area contributed by atoms with Crippen molar-refractivity contribution in [1.82, 2.24) is 14.7 Å². The van der Waals surface area contributed by atoms with Crippen molar-refractivity contribution < 1.29 is 9.53 Å². The number of rotatable bonds is 5. The van der Waals surface area contributed by atoms with Gasteiger partial charge in [-0.3, -0.25) is 9.59 Å². The summed E-state index contributed by atoms with van der Waals surface area (Å²) in [5.41, 5.74) is 1.05. The van der Waals surface area contributed by atoms with Gasteiger partial charge < -0.3 is 9.64 Å². The predicted molar refractivity (Wildman–Crippen MR) is 94.6 cm³/mol. The van der Waals surface area contributed by atoms with E-state index in [0.29, 0.717) is 31.9 Å². The molecule has 1 atom stereocenters. The minimum absolute atomic E-state index is 0.0814. The van der Waals surface area contributed by atoms with Crippen LogP contribution in [0.2, 0.25) is 0 Å². The van der Waals surface area contributed by atoms with Crippen LogP contribution in [0.5, 0.6) is 0 Å². The van der Waals surface area contributed by atoms with E-state index in [2.05, 4.69) is 5.10 Å². The quantitative estimate of drug-likeness (QED) is 0.834. The van der Waals surface area contributed by atoms with Gasteiger partial charge in [0.15, 0.2) is 0 Å². The van der Waals surface area contributed by atoms with Crippen molar-refractivity contribution in [1.29, 1.82) is 0 Å². The molecule has 2 aromatic rings. The summed E-state index contributed by atoms with van der Waals surface area (Å²) in [4.78, 5) is 26.6. The van der Waals surface area contributed by atoms with Gasteiger partial charge in [-0.15, -0.1) is 0 Å². The number of nitrogens with zero attached hydrogens (tertiary/aromatic N) is 3. The van der Waals surface area contributed by atoms with Crippen molar-refractivity contribution in [3.63, 3.8) is 0 Å². The second-order valence-corrected chi connectivity index (χ2v) is 6.17. The van der Waals surface area contributed by atoms with Crippen LogP contribution in [0, 0.1) is 0 Å². The highest BCUT2D eigenvalue weighted by Crippen LogP contribution is 2.15. The maximum absolute atomic E-state index is 12.8. The van der Waals surface area contributed by atoms with Gasteiger partial charge in [-0.1, -0.05) is 30.3 Å². The van der Waals surface area contributed by atoms with Crippen LogP contribution in [0.4, 0.5) is 0 Å². The first kappa shape index (κ1) is 17.4. The Morgan fingerprint density at radius 2 is 2.04 bits per heavy atom. The van der Waals surface area contributed by atoms with Crippen molar-refractivity contribution in [2.45, 2.75) is 32.4 Å². The fraction of sp³-hybridized carbons (Fsp3) is 0.421. The fourth-order valence-corrected chi connectivity index (χ4v) is 3.09. The van der Waals surface area contributed by atoms with Gasteiger partial charge in [0.1, 0.15) is 5.69 Å². The summed E-state index contributed by atoms with van der Waals surface area (Å²) in [6.45, 7) is 4.23. The van der Waals surface area contributed by atoms with Gasteiger partial charge in [-0.25, -0.2) is 4.68 Å². The molecule has 2 heterocycles. The first-order valence-electron chi connectivity index (χ1n) is 8.70. The van der Waals surface area contributed by atoms with E-state index in [1.165, 1.54) is 16.8 Å². The number of amides is 1. The fourth-order valence-electron chi connectivity index (χ4n) is 3.09. The average molecular weight is 341 g/mol. The number of hydrogen-bond donors (Lipinski definition) is 0. The molecule has 1 saturated heterocycles. The van der Waals surface area contributed by atoms with Crippen molar-refractivity contribution in [2.75, 3.05) is 19.7 Å². The molecule has 3 rings (SSSR count). The number of likely N-dealkylation sites (tertiary alicyclic amines) is 1. The molecule has 1 amide bonds. The minimum atomic E-state index is -0.216. The molecule has 1 fully saturated rings. The van der Waals surface area contributed by atoms with Crippen LogP contribution in [-0.2, 0) is 11.3 Å². The van der Waals surface area contributed by atoms with Crippen LogP contribution in [0.3, 0.4) is 0 Å². The topological polar surface area (TPSA) is 64.4 Å². The SMILES string of the molecule is CCOC1CCCN(C(=O)c2ccc(=O)n(Cc3ccccc3)n2)C1. The number of hydrogen-bond acceptors (Lipinski definition) is 4. The molecule has 132 valence electrons. The van der Waals surface area contributed by atoms with Gasteiger partial charge in [-0.05, 0) is 31.4 Å². The average Bonchev–Trinajstić information content (AvgIpc) is 2.64. The molecule has 0 N–H and O–H groups in total. The molecule has 0 aliphatic carbocycles. The van der Waals surface area contributed by atoms with Gasteiger partial charge >= 0.3 is 0 Å². The molecule has 1 aliphatic heterocycles. The molecule has 25 heavy (non-hydrogen) atoms. The molecule has 0 saturated carbocycles. The lowest BCUT2D eigenvalue weighted by atomic mass is 10.1. The molecule has 0 bridgehead atoms. The van der Waals surface area contributed by atoms with E-state index in [1.807, 2.05) is 37.3 Å². The molecule has 1 aromatic heterocycles. The third kappa shape index (κ3) is 4.33. The molecular formula is C19H23N3O3. The third-order valence-corrected chi connectivity index (χ3v) is 4.33. The lowest BCUT2D eigenvalue weighted by Gasteiger charge is -2.32. The number of carbonyl (C=O) groups excluding carboxylic acids is 1. The standard InChI is InChI=1S/C19H23N3O3/c1-2-25-16-9-6-12-21(14-16)19(24)17-10-11-18(23)22(20-17)13-15-7-4-3-5-8-15/h3-5,7-8,10-11,16H,2,6,9,12-14H2,1H3. The van der Waals surface area contributed by atoms with E-state index in [9.17, 15) is 9.59 Å². The Hall–Kier alpha value is -2.47. The Morgan fingerprint density at radius 1 is 1.24 bits per heavy atom. The minimum Gasteiger partial charge on any atom is -0.377 e. The van der Waals surface area contributed by atoms with Crippen molar-refractivity contribution >= 4 is 5.91 Å². The van der Waals surface area contributed by atoms with Crippen LogP contribution >= 0.6 is 0 Å². The Labute approximate surface area is 147 Å². The Kier molecular flexibility index (Phi) is 5.60. The zero-order valence-corrected chi connectivity index (χ0v) is 14.4. The van der Waals surface area contributed by atoms with Gasteiger partial charge in [0.2, 0.25) is 0 Å². The Balaban J connectivity index is 1.77. The molecule has 6 heteroatoms. The Bertz CT molecular complexity index is 771. The van der Waals surface area contributed by atoms with Gasteiger partial charge in [0.25, 0.3) is 11.5 Å². The number of carbonyl (C=O) groups is 1. The zero-order valence-electron chi connectivity index (χ0n) is 14.4. The maximum Gasteiger partial charge on any atom is 0.274 e. The summed E-state index contributed by atoms with van der Waals surface area (Å²) in [6, 6.07) is 12.5. The molecule has 1 aliphatic rings. The van der Waals surface area contributed by atoms with Crippen LogP contribution in [0.15, 0.2) is 47.3 Å². The van der Waals surface area contributed by atoms with Crippen LogP contribution in [0.25, 0.3) is 0 Å². The van der Waals surface area contributed by atoms with Crippen molar-refractivity contribution in [3.05, 3.63) is 64.1 Å². The van der Waals surface area contributed by atoms with Crippen LogP contribution in [0.1, 0.15) is 35.8 Å². The maximum atomic E-state index is 12.8. The van der Waals surface area contributed by atoms with Crippen LogP contribution in [-0.4, -0.2) is 46.4 Å². The molecule has 0 radical (unpaired) electrons. The summed E-state index contributed by atoms with van der Waals surface area (Å²) in [5, 5.41) is 4.29. The van der Waals surface area contributed by atoms with E-state index in [1.54, 1.807) is 4.90 Å². The number of benzene rings is 1. The van der Waals surface area contributed by atoms with E-state index in [0.717, 1.165) is 18.4 Å². The smallest absolute Gasteiger partial charge is 0.274 e. The summed E-state index contributed by atoms with van der Waals surface area (Å²) < 4.78 is 6.99. The van der Waals surface area contributed by atoms with Crippen molar-refractivity contribution in [2.24, 2.45) is 0 Å². The summed E-state index contributed by atoms with van der Waals surface area (Å²) in [7, 11) is 0. The lowest BCUT2D eigenvalue weighted by molar-refractivity contribution is 0.00694. The van der Waals surface area contributed by atoms with Gasteiger partial charge in [0.05, 0.1) is 12.6 Å². The van der Waals surface area contributed by atoms with E-state index >= 15 is 0 Å². The van der Waals surface area contributed by atoms with Gasteiger partial charge in [0, 0.05) is 25.8 Å². The second kappa shape index (κ2) is 8.07. The van der Waals surface area contributed by atoms with Crippen LogP contribution < -0.4 is 5.56 Å². The van der Waals surface area contributed by atoms with E-state index < -0.39 is 0 Å². The predicted octanol–water partition coefficient (Wildman–Crippen LogP) is 1.93. The second-order valence-electron chi connectivity index (χ2n) is 6.17. The molecule has 1 unspecified atom stereocenters. The highest BCUT2D eigenvalue weighted by Gasteiger charge is 2.25. The third-order valence-electron chi connectivity index (χ3n) is 4.33. The Morgan fingerprint density at radius 3 is 2.80 bits per heavy atom. The molecular weight excluding hydrogens is 318 g/mol. The summed E-state index contributed by atoms with van der Waals surface area (Å²) in [5.74, 6) is -0.147. The lowest BCUT2D eigenvalue weighted by Crippen LogP contribution is -2.44. The monoisotopic (exact) mass is 341 g/mol. The molecule has 6 nitrogen and oxygen atoms in total. The summed E-state index contributed by atoms with van der Waals surface area (Å²) in [6.07, 6.45) is 1.97. The highest BCUT2D eigenvalue weighted by molar-refractivity contribution is 5.92. The first-order chi connectivity index (χ1) is 12.2. The number of ether oxygens (including phenoxy) is 1. The van der Waals surface area contributed by atoms with E-state index in [4.69, 9.17) is 4.74 Å². The number of aromatic nitrogens is 2. The molecule has 0 spiro atoms. The zero-order chi connectivity index (χ0) is 17.6. The van der Waals surface area contributed by atoms with E-state index in [-0.39, 0.29) is 17.6 Å². The van der Waals surface area contributed by atoms with Crippen molar-refractivity contribution in [3.8, 4) is 0 Å². The largest absolute Gasteiger partial charge is 0.377 e. The summed E-state index contributed by atoms with van der Waals surface area (Å²) >= 11 is 0. The number of piperidine rings is 1.